The minimum Gasteiger partial charge on any atom is -0.334 e. The molecule has 0 N–H and O–H groups in total. The number of benzene rings is 1. The van der Waals surface area contributed by atoms with Crippen LogP contribution in [0.25, 0.3) is 11.5 Å². The van der Waals surface area contributed by atoms with E-state index in [-0.39, 0.29) is 5.25 Å². The Morgan fingerprint density at radius 3 is 2.85 bits per heavy atom. The molecule has 0 radical (unpaired) electrons. The van der Waals surface area contributed by atoms with Crippen LogP contribution in [0, 0.1) is 0 Å². The van der Waals surface area contributed by atoms with E-state index in [1.54, 1.807) is 23.5 Å². The van der Waals surface area contributed by atoms with Gasteiger partial charge < -0.3 is 4.52 Å². The van der Waals surface area contributed by atoms with E-state index < -0.39 is 0 Å². The summed E-state index contributed by atoms with van der Waals surface area (Å²) in [5.41, 5.74) is 0.949. The van der Waals surface area contributed by atoms with Crippen molar-refractivity contribution in [2.45, 2.75) is 25.1 Å². The van der Waals surface area contributed by atoms with Gasteiger partial charge in [-0.05, 0) is 26.0 Å². The molecule has 104 valence electrons. The van der Waals surface area contributed by atoms with Crippen LogP contribution in [0.2, 0.25) is 0 Å². The van der Waals surface area contributed by atoms with Crippen molar-refractivity contribution in [3.63, 3.8) is 0 Å². The van der Waals surface area contributed by atoms with E-state index in [0.717, 1.165) is 21.5 Å². The van der Waals surface area contributed by atoms with Gasteiger partial charge in [0.05, 0.1) is 11.3 Å². The molecule has 2 unspecified atom stereocenters. The lowest BCUT2D eigenvalue weighted by molar-refractivity contribution is 0.423. The summed E-state index contributed by atoms with van der Waals surface area (Å²) in [4.78, 5) is 9.05. The average molecular weight is 305 g/mol. The average Bonchev–Trinajstić information content (AvgIpc) is 3.09. The molecule has 3 rings (SSSR count). The van der Waals surface area contributed by atoms with Gasteiger partial charge in [0.25, 0.3) is 5.89 Å². The van der Waals surface area contributed by atoms with Crippen molar-refractivity contribution in [1.82, 2.24) is 10.1 Å². The summed E-state index contributed by atoms with van der Waals surface area (Å²) in [6, 6.07) is 10.2. The minimum absolute atomic E-state index is 0.146. The van der Waals surface area contributed by atoms with Crippen LogP contribution in [0.4, 0.5) is 0 Å². The molecule has 1 aromatic heterocycles. The fourth-order valence-corrected chi connectivity index (χ4v) is 4.18. The van der Waals surface area contributed by atoms with Gasteiger partial charge >= 0.3 is 0 Å². The molecule has 2 aromatic rings. The number of aromatic nitrogens is 2. The first-order valence-electron chi connectivity index (χ1n) is 6.48. The Bertz CT molecular complexity index is 612. The maximum absolute atomic E-state index is 5.34. The number of aliphatic imine (C=N–C) groups is 1. The van der Waals surface area contributed by atoms with Gasteiger partial charge in [0.15, 0.2) is 5.82 Å². The number of rotatable bonds is 3. The van der Waals surface area contributed by atoms with E-state index in [4.69, 9.17) is 4.52 Å². The fraction of sp³-hybridized carbons (Fsp3) is 0.357. The first kappa shape index (κ1) is 13.7. The zero-order valence-corrected chi connectivity index (χ0v) is 12.9. The highest BCUT2D eigenvalue weighted by Crippen LogP contribution is 2.35. The van der Waals surface area contributed by atoms with Crippen molar-refractivity contribution in [2.75, 3.05) is 5.75 Å². The van der Waals surface area contributed by atoms with Crippen LogP contribution in [0.5, 0.6) is 0 Å². The zero-order chi connectivity index (χ0) is 13.9. The molecule has 4 nitrogen and oxygen atoms in total. The fourth-order valence-electron chi connectivity index (χ4n) is 1.81. The van der Waals surface area contributed by atoms with Crippen molar-refractivity contribution in [3.8, 4) is 11.5 Å². The summed E-state index contributed by atoms with van der Waals surface area (Å²) in [5, 5.41) is 4.23. The van der Waals surface area contributed by atoms with Gasteiger partial charge in [0.1, 0.15) is 4.38 Å². The van der Waals surface area contributed by atoms with Crippen LogP contribution in [-0.4, -0.2) is 26.3 Å². The second-order valence-electron chi connectivity index (χ2n) is 4.64. The largest absolute Gasteiger partial charge is 0.334 e. The number of thioether (sulfide) groups is 2. The molecule has 0 aliphatic carbocycles. The summed E-state index contributed by atoms with van der Waals surface area (Å²) in [6.45, 7) is 4.21. The molecule has 0 fully saturated rings. The maximum Gasteiger partial charge on any atom is 0.257 e. The number of nitrogens with zero attached hydrogens (tertiary/aromatic N) is 3. The molecule has 0 bridgehead atoms. The summed E-state index contributed by atoms with van der Waals surface area (Å²) in [6.07, 6.45) is 0. The van der Waals surface area contributed by atoms with Gasteiger partial charge in [-0.1, -0.05) is 46.9 Å². The third-order valence-electron chi connectivity index (χ3n) is 2.88. The maximum atomic E-state index is 5.34. The van der Waals surface area contributed by atoms with E-state index in [9.17, 15) is 0 Å². The Balaban J connectivity index is 1.72. The van der Waals surface area contributed by atoms with Crippen LogP contribution in [0.1, 0.15) is 24.9 Å². The summed E-state index contributed by atoms with van der Waals surface area (Å²) in [7, 11) is 0. The molecule has 6 heteroatoms. The van der Waals surface area contributed by atoms with Gasteiger partial charge in [-0.25, -0.2) is 0 Å². The third-order valence-corrected chi connectivity index (χ3v) is 5.39. The highest BCUT2D eigenvalue weighted by Gasteiger charge is 2.21. The predicted octanol–water partition coefficient (Wildman–Crippen LogP) is 4.02. The molecule has 1 aliphatic heterocycles. The van der Waals surface area contributed by atoms with E-state index in [2.05, 4.69) is 29.0 Å². The monoisotopic (exact) mass is 305 g/mol. The van der Waals surface area contributed by atoms with Gasteiger partial charge in [0.2, 0.25) is 0 Å². The summed E-state index contributed by atoms with van der Waals surface area (Å²) >= 11 is 3.50. The number of hydrogen-bond donors (Lipinski definition) is 0. The zero-order valence-electron chi connectivity index (χ0n) is 11.3. The lowest BCUT2D eigenvalue weighted by atomic mass is 10.2. The Morgan fingerprint density at radius 1 is 1.35 bits per heavy atom. The minimum atomic E-state index is 0.146. The Hall–Kier alpha value is -1.27. The highest BCUT2D eigenvalue weighted by molar-refractivity contribution is 8.39. The predicted molar refractivity (Wildman–Crippen MR) is 85.1 cm³/mol. The molecule has 2 heterocycles. The molecule has 1 aromatic carbocycles. The van der Waals surface area contributed by atoms with Crippen LogP contribution < -0.4 is 0 Å². The van der Waals surface area contributed by atoms with Crippen molar-refractivity contribution in [1.29, 1.82) is 0 Å². The Kier molecular flexibility index (Phi) is 4.12. The van der Waals surface area contributed by atoms with Crippen LogP contribution in [0.15, 0.2) is 39.8 Å². The lowest BCUT2D eigenvalue weighted by Gasteiger charge is -2.04. The van der Waals surface area contributed by atoms with Crippen LogP contribution >= 0.6 is 23.5 Å². The summed E-state index contributed by atoms with van der Waals surface area (Å²) in [5.74, 6) is 2.36. The quantitative estimate of drug-likeness (QED) is 0.857. The van der Waals surface area contributed by atoms with Crippen LogP contribution in [-0.2, 0) is 0 Å². The van der Waals surface area contributed by atoms with Crippen molar-refractivity contribution in [3.05, 3.63) is 36.2 Å². The lowest BCUT2D eigenvalue weighted by Crippen LogP contribution is -1.95. The van der Waals surface area contributed by atoms with E-state index >= 15 is 0 Å². The molecule has 0 saturated carbocycles. The molecule has 2 atom stereocenters. The molecule has 0 saturated heterocycles. The Morgan fingerprint density at radius 2 is 2.15 bits per heavy atom. The standard InChI is InChI=1S/C14H15N3OS2/c1-9-8-19-14(15-9)20-10(2)12-16-13(18-17-12)11-6-4-3-5-7-11/h3-7,9-10H,8H2,1-2H3. The van der Waals surface area contributed by atoms with Gasteiger partial charge in [-0.15, -0.1) is 0 Å². The molecule has 0 amide bonds. The smallest absolute Gasteiger partial charge is 0.257 e. The third kappa shape index (κ3) is 3.07. The highest BCUT2D eigenvalue weighted by atomic mass is 32.2. The first-order valence-corrected chi connectivity index (χ1v) is 8.35. The SMILES string of the molecule is CC1CSC(SC(C)c2noc(-c3ccccc3)n2)=N1. The normalized spacial score (nSPS) is 19.9. The molecular weight excluding hydrogens is 290 g/mol. The summed E-state index contributed by atoms with van der Waals surface area (Å²) < 4.78 is 6.46. The second kappa shape index (κ2) is 6.01. The van der Waals surface area contributed by atoms with Crippen molar-refractivity contribution in [2.24, 2.45) is 4.99 Å². The van der Waals surface area contributed by atoms with E-state index in [0.29, 0.717) is 11.9 Å². The topological polar surface area (TPSA) is 51.3 Å². The van der Waals surface area contributed by atoms with E-state index in [1.807, 2.05) is 30.3 Å². The Labute approximate surface area is 126 Å². The first-order chi connectivity index (χ1) is 9.72. The van der Waals surface area contributed by atoms with Gasteiger partial charge in [-0.3, -0.25) is 4.99 Å². The van der Waals surface area contributed by atoms with Gasteiger partial charge in [0, 0.05) is 11.3 Å². The number of hydrogen-bond acceptors (Lipinski definition) is 6. The molecule has 20 heavy (non-hydrogen) atoms. The molecular formula is C14H15N3OS2. The van der Waals surface area contributed by atoms with E-state index in [1.165, 1.54) is 0 Å². The van der Waals surface area contributed by atoms with Crippen molar-refractivity contribution < 1.29 is 4.52 Å². The molecule has 1 aliphatic rings. The second-order valence-corrected chi connectivity index (χ2v) is 7.24. The molecule has 0 spiro atoms. The van der Waals surface area contributed by atoms with Crippen molar-refractivity contribution >= 4 is 27.9 Å². The van der Waals surface area contributed by atoms with Crippen LogP contribution in [0.3, 0.4) is 0 Å². The van der Waals surface area contributed by atoms with Gasteiger partial charge in [-0.2, -0.15) is 4.98 Å².